The molecule has 0 radical (unpaired) electrons. The molecule has 84 valence electrons. The minimum Gasteiger partial charge on any atom is -0.327 e. The molecule has 1 nitrogen and oxygen atoms in total. The highest BCUT2D eigenvalue weighted by Crippen LogP contribution is 2.33. The van der Waals surface area contributed by atoms with Crippen LogP contribution in [0.25, 0.3) is 0 Å². The number of alkyl halides is 1. The van der Waals surface area contributed by atoms with E-state index in [0.717, 1.165) is 6.42 Å². The maximum Gasteiger partial charge on any atom is 0.148 e. The van der Waals surface area contributed by atoms with Gasteiger partial charge in [0.15, 0.2) is 0 Å². The Labute approximate surface area is 99.4 Å². The van der Waals surface area contributed by atoms with Crippen LogP contribution in [0, 0.1) is 0 Å². The first-order valence-electron chi connectivity index (χ1n) is 4.88. The van der Waals surface area contributed by atoms with Crippen molar-refractivity contribution in [2.75, 3.05) is 6.54 Å². The minimum absolute atomic E-state index is 0.0429. The molecule has 1 aromatic carbocycles. The van der Waals surface area contributed by atoms with Crippen molar-refractivity contribution in [3.05, 3.63) is 33.8 Å². The van der Waals surface area contributed by atoms with Gasteiger partial charge in [-0.15, -0.1) is 0 Å². The van der Waals surface area contributed by atoms with Gasteiger partial charge in [-0.05, 0) is 24.1 Å². The van der Waals surface area contributed by atoms with Crippen LogP contribution in [0.4, 0.5) is 4.39 Å². The average molecular weight is 250 g/mol. The van der Waals surface area contributed by atoms with Crippen molar-refractivity contribution >= 4 is 23.2 Å². The first-order valence-corrected chi connectivity index (χ1v) is 5.63. The Balaban J connectivity index is 3.07. The molecule has 0 aliphatic carbocycles. The van der Waals surface area contributed by atoms with Gasteiger partial charge in [-0.2, -0.15) is 0 Å². The summed E-state index contributed by atoms with van der Waals surface area (Å²) in [5, 5.41) is 0.789. The molecular weight excluding hydrogens is 236 g/mol. The van der Waals surface area contributed by atoms with Crippen LogP contribution in [0.1, 0.15) is 25.3 Å². The van der Waals surface area contributed by atoms with Crippen molar-refractivity contribution in [3.8, 4) is 0 Å². The van der Waals surface area contributed by atoms with Crippen LogP contribution in [0.2, 0.25) is 10.0 Å². The molecule has 0 aliphatic rings. The van der Waals surface area contributed by atoms with E-state index in [4.69, 9.17) is 28.9 Å². The van der Waals surface area contributed by atoms with Crippen molar-refractivity contribution in [2.24, 2.45) is 5.73 Å². The molecule has 0 bridgehead atoms. The summed E-state index contributed by atoms with van der Waals surface area (Å²) in [4.78, 5) is 0. The predicted molar refractivity (Wildman–Crippen MR) is 63.2 cm³/mol. The molecule has 0 amide bonds. The number of rotatable bonds is 4. The molecule has 0 heterocycles. The lowest BCUT2D eigenvalue weighted by molar-refractivity contribution is 0.159. The number of hydrogen-bond donors (Lipinski definition) is 1. The predicted octanol–water partition coefficient (Wildman–Crippen LogP) is 3.92. The summed E-state index contributed by atoms with van der Waals surface area (Å²) in [5.74, 6) is 0. The van der Waals surface area contributed by atoms with E-state index in [0.29, 0.717) is 22.0 Å². The van der Waals surface area contributed by atoms with Crippen LogP contribution in [0.3, 0.4) is 0 Å². The second kappa shape index (κ2) is 5.15. The third kappa shape index (κ3) is 2.83. The van der Waals surface area contributed by atoms with Crippen LogP contribution in [0.5, 0.6) is 0 Å². The van der Waals surface area contributed by atoms with Crippen LogP contribution in [-0.4, -0.2) is 6.54 Å². The average Bonchev–Trinajstić information content (AvgIpc) is 2.22. The van der Waals surface area contributed by atoms with Crippen LogP contribution in [0.15, 0.2) is 18.2 Å². The number of nitrogens with two attached hydrogens (primary N) is 1. The molecule has 0 saturated carbocycles. The van der Waals surface area contributed by atoms with E-state index in [1.807, 2.05) is 6.92 Å². The first-order chi connectivity index (χ1) is 7.03. The fourth-order valence-corrected chi connectivity index (χ4v) is 1.83. The van der Waals surface area contributed by atoms with Crippen molar-refractivity contribution in [1.82, 2.24) is 0 Å². The van der Waals surface area contributed by atoms with Gasteiger partial charge in [0.2, 0.25) is 0 Å². The topological polar surface area (TPSA) is 26.0 Å². The summed E-state index contributed by atoms with van der Waals surface area (Å²) in [6.45, 7) is 1.88. The maximum atomic E-state index is 14.3. The van der Waals surface area contributed by atoms with E-state index < -0.39 is 5.67 Å². The second-order valence-electron chi connectivity index (χ2n) is 3.55. The maximum absolute atomic E-state index is 14.3. The lowest BCUT2D eigenvalue weighted by Gasteiger charge is -2.23. The highest BCUT2D eigenvalue weighted by atomic mass is 35.5. The summed E-state index contributed by atoms with van der Waals surface area (Å²) in [7, 11) is 0. The molecule has 4 heteroatoms. The van der Waals surface area contributed by atoms with Crippen LogP contribution < -0.4 is 5.73 Å². The molecule has 0 aliphatic heterocycles. The minimum atomic E-state index is -1.50. The van der Waals surface area contributed by atoms with E-state index >= 15 is 0 Å². The lowest BCUT2D eigenvalue weighted by Crippen LogP contribution is -2.30. The van der Waals surface area contributed by atoms with Gasteiger partial charge in [0, 0.05) is 6.54 Å². The largest absolute Gasteiger partial charge is 0.327 e. The van der Waals surface area contributed by atoms with Gasteiger partial charge in [-0.3, -0.25) is 0 Å². The number of halogens is 3. The third-order valence-corrected chi connectivity index (χ3v) is 3.15. The second-order valence-corrected chi connectivity index (χ2v) is 4.36. The normalized spacial score (nSPS) is 15.0. The zero-order valence-corrected chi connectivity index (χ0v) is 10.1. The van der Waals surface area contributed by atoms with E-state index in [9.17, 15) is 4.39 Å². The molecule has 2 N–H and O–H groups in total. The van der Waals surface area contributed by atoms with Crippen molar-refractivity contribution in [2.45, 2.75) is 25.4 Å². The Morgan fingerprint density at radius 3 is 2.47 bits per heavy atom. The van der Waals surface area contributed by atoms with E-state index in [1.165, 1.54) is 0 Å². The molecule has 0 aromatic heterocycles. The van der Waals surface area contributed by atoms with Crippen molar-refractivity contribution < 1.29 is 4.39 Å². The Hall–Kier alpha value is -0.310. The Bertz CT molecular complexity index is 343. The highest BCUT2D eigenvalue weighted by Gasteiger charge is 2.29. The van der Waals surface area contributed by atoms with Crippen molar-refractivity contribution in [1.29, 1.82) is 0 Å². The van der Waals surface area contributed by atoms with Crippen LogP contribution >= 0.6 is 23.2 Å². The Morgan fingerprint density at radius 2 is 2.00 bits per heavy atom. The molecule has 0 spiro atoms. The Kier molecular flexibility index (Phi) is 4.38. The highest BCUT2D eigenvalue weighted by molar-refractivity contribution is 6.42. The molecule has 1 rings (SSSR count). The quantitative estimate of drug-likeness (QED) is 0.861. The molecule has 1 aromatic rings. The molecule has 1 atom stereocenters. The number of benzene rings is 1. The first kappa shape index (κ1) is 12.8. The molecule has 0 saturated heterocycles. The zero-order chi connectivity index (χ0) is 11.5. The van der Waals surface area contributed by atoms with Gasteiger partial charge >= 0.3 is 0 Å². The van der Waals surface area contributed by atoms with Gasteiger partial charge in [0.05, 0.1) is 10.0 Å². The molecular formula is C11H14Cl2FN. The molecule has 0 fully saturated rings. The van der Waals surface area contributed by atoms with Gasteiger partial charge in [-0.25, -0.2) is 4.39 Å². The van der Waals surface area contributed by atoms with Gasteiger partial charge in [0.25, 0.3) is 0 Å². The smallest absolute Gasteiger partial charge is 0.148 e. The summed E-state index contributed by atoms with van der Waals surface area (Å²) < 4.78 is 14.3. The standard InChI is InChI=1S/C11H14Cl2FN/c1-2-5-11(14,7-15)8-3-4-9(12)10(13)6-8/h3-4,6H,2,5,7,15H2,1H3. The van der Waals surface area contributed by atoms with Crippen molar-refractivity contribution in [3.63, 3.8) is 0 Å². The van der Waals surface area contributed by atoms with E-state index in [1.54, 1.807) is 18.2 Å². The van der Waals surface area contributed by atoms with E-state index in [-0.39, 0.29) is 6.54 Å². The SMILES string of the molecule is CCCC(F)(CN)c1ccc(Cl)c(Cl)c1. The fourth-order valence-electron chi connectivity index (χ4n) is 1.54. The zero-order valence-electron chi connectivity index (χ0n) is 8.56. The van der Waals surface area contributed by atoms with Crippen LogP contribution in [-0.2, 0) is 5.67 Å². The summed E-state index contributed by atoms with van der Waals surface area (Å²) in [5.41, 5.74) is 4.47. The lowest BCUT2D eigenvalue weighted by atomic mass is 9.91. The summed E-state index contributed by atoms with van der Waals surface area (Å²) in [6, 6.07) is 4.78. The summed E-state index contributed by atoms with van der Waals surface area (Å²) >= 11 is 11.6. The third-order valence-electron chi connectivity index (χ3n) is 2.41. The number of hydrogen-bond acceptors (Lipinski definition) is 1. The fraction of sp³-hybridized carbons (Fsp3) is 0.455. The summed E-state index contributed by atoms with van der Waals surface area (Å²) in [6.07, 6.45) is 1.12. The van der Waals surface area contributed by atoms with Gasteiger partial charge in [-0.1, -0.05) is 42.6 Å². The monoisotopic (exact) mass is 249 g/mol. The molecule has 15 heavy (non-hydrogen) atoms. The Morgan fingerprint density at radius 1 is 1.33 bits per heavy atom. The van der Waals surface area contributed by atoms with Gasteiger partial charge < -0.3 is 5.73 Å². The van der Waals surface area contributed by atoms with Gasteiger partial charge in [0.1, 0.15) is 5.67 Å². The van der Waals surface area contributed by atoms with E-state index in [2.05, 4.69) is 0 Å². The molecule has 1 unspecified atom stereocenters.